The number of nitrogens with zero attached hydrogens (tertiary/aromatic N) is 1. The van der Waals surface area contributed by atoms with Crippen LogP contribution in [-0.4, -0.2) is 36.3 Å². The Bertz CT molecular complexity index is 2280. The summed E-state index contributed by atoms with van der Waals surface area (Å²) in [5.41, 5.74) is 7.53. The fourth-order valence-corrected chi connectivity index (χ4v) is 6.37. The van der Waals surface area contributed by atoms with Crippen LogP contribution < -0.4 is 10.1 Å². The van der Waals surface area contributed by atoms with Gasteiger partial charge in [-0.1, -0.05) is 117 Å². The van der Waals surface area contributed by atoms with E-state index in [1.54, 1.807) is 18.2 Å². The van der Waals surface area contributed by atoms with Crippen molar-refractivity contribution >= 4 is 16.0 Å². The summed E-state index contributed by atoms with van der Waals surface area (Å²) in [4.78, 5) is 12.5. The Kier molecular flexibility index (Phi) is 11.2. The molecule has 5 aromatic carbocycles. The monoisotopic (exact) mass is 732 g/mol. The van der Waals surface area contributed by atoms with Crippen LogP contribution in [0, 0.1) is 5.82 Å². The van der Waals surface area contributed by atoms with E-state index in [0.29, 0.717) is 23.3 Å². The molecular formula is C43H41FN2O6S. The number of carbonyl (C=O) groups excluding carboxylic acids is 1. The van der Waals surface area contributed by atoms with Gasteiger partial charge in [-0.25, -0.2) is 4.39 Å². The molecule has 272 valence electrons. The molecule has 0 bridgehead atoms. The molecule has 0 aliphatic carbocycles. The smallest absolute Gasteiger partial charge is 0.266 e. The number of carbonyl (C=O) groups is 1. The van der Waals surface area contributed by atoms with Gasteiger partial charge in [0, 0.05) is 29.7 Å². The van der Waals surface area contributed by atoms with Gasteiger partial charge in [0.25, 0.3) is 16.0 Å². The summed E-state index contributed by atoms with van der Waals surface area (Å²) in [6.07, 6.45) is 0.559. The van der Waals surface area contributed by atoms with Crippen molar-refractivity contribution < 1.29 is 31.4 Å². The van der Waals surface area contributed by atoms with Crippen molar-refractivity contribution in [2.75, 3.05) is 12.3 Å². The molecular weight excluding hydrogens is 692 g/mol. The molecule has 1 atom stereocenters. The van der Waals surface area contributed by atoms with Gasteiger partial charge in [-0.3, -0.25) is 9.35 Å². The summed E-state index contributed by atoms with van der Waals surface area (Å²) in [7, 11) is -4.18. The quantitative estimate of drug-likeness (QED) is 0.114. The van der Waals surface area contributed by atoms with Gasteiger partial charge in [-0.2, -0.15) is 8.42 Å². The fourth-order valence-electron chi connectivity index (χ4n) is 6.01. The Labute approximate surface area is 309 Å². The van der Waals surface area contributed by atoms with Crippen molar-refractivity contribution in [2.45, 2.75) is 45.1 Å². The minimum atomic E-state index is -4.18. The number of hydrogen-bond donors (Lipinski definition) is 2. The molecule has 0 saturated carbocycles. The first kappa shape index (κ1) is 37.2. The molecule has 1 amide bonds. The first-order valence-electron chi connectivity index (χ1n) is 17.3. The largest absolute Gasteiger partial charge is 0.486 e. The van der Waals surface area contributed by atoms with E-state index in [1.807, 2.05) is 78.9 Å². The molecule has 10 heteroatoms. The highest BCUT2D eigenvalue weighted by Crippen LogP contribution is 2.35. The third-order valence-corrected chi connectivity index (χ3v) is 9.74. The van der Waals surface area contributed by atoms with Gasteiger partial charge in [0.2, 0.25) is 0 Å². The van der Waals surface area contributed by atoms with Gasteiger partial charge < -0.3 is 14.6 Å². The summed E-state index contributed by atoms with van der Waals surface area (Å²) in [6.45, 7) is 6.57. The molecule has 0 spiro atoms. The van der Waals surface area contributed by atoms with Crippen LogP contribution in [0.5, 0.6) is 5.75 Å². The predicted molar refractivity (Wildman–Crippen MR) is 204 cm³/mol. The summed E-state index contributed by atoms with van der Waals surface area (Å²) >= 11 is 0. The number of nitrogens with one attached hydrogen (secondary N) is 1. The van der Waals surface area contributed by atoms with Crippen molar-refractivity contribution in [1.29, 1.82) is 0 Å². The highest BCUT2D eigenvalue weighted by atomic mass is 32.2. The zero-order valence-electron chi connectivity index (χ0n) is 29.8. The van der Waals surface area contributed by atoms with Crippen LogP contribution >= 0.6 is 0 Å². The van der Waals surface area contributed by atoms with Crippen LogP contribution in [0.1, 0.15) is 65.0 Å². The van der Waals surface area contributed by atoms with Crippen LogP contribution in [0.15, 0.2) is 132 Å². The van der Waals surface area contributed by atoms with Crippen LogP contribution in [0.2, 0.25) is 0 Å². The Morgan fingerprint density at radius 1 is 0.830 bits per heavy atom. The van der Waals surface area contributed by atoms with Crippen molar-refractivity contribution in [3.8, 4) is 28.2 Å². The number of hydrogen-bond acceptors (Lipinski definition) is 6. The standard InChI is InChI=1S/C43H41FN2O6S/c1-43(2,3)36-19-16-31(17-20-36)37(24-29-12-14-32(15-13-29)42(47)45-22-23-53(48,49)50)39-27-41(52-46-39)35-11-7-10-33(25-35)34-18-21-40(38(44)26-34)51-28-30-8-5-4-6-9-30/h4-21,25-27,37H,22-24,28H2,1-3H3,(H,45,47)(H,48,49,50). The molecule has 6 rings (SSSR count). The van der Waals surface area contributed by atoms with Gasteiger partial charge in [0.1, 0.15) is 6.61 Å². The van der Waals surface area contributed by atoms with E-state index in [9.17, 15) is 13.2 Å². The second-order valence-corrected chi connectivity index (χ2v) is 15.6. The Morgan fingerprint density at radius 2 is 1.53 bits per heavy atom. The lowest BCUT2D eigenvalue weighted by atomic mass is 9.83. The number of rotatable bonds is 13. The molecule has 2 N–H and O–H groups in total. The lowest BCUT2D eigenvalue weighted by molar-refractivity contribution is 0.0956. The maximum Gasteiger partial charge on any atom is 0.266 e. The van der Waals surface area contributed by atoms with Crippen molar-refractivity contribution in [1.82, 2.24) is 10.5 Å². The van der Waals surface area contributed by atoms with E-state index in [0.717, 1.165) is 33.5 Å². The van der Waals surface area contributed by atoms with Crippen molar-refractivity contribution in [2.24, 2.45) is 0 Å². The number of benzene rings is 5. The highest BCUT2D eigenvalue weighted by molar-refractivity contribution is 7.85. The Morgan fingerprint density at radius 3 is 2.21 bits per heavy atom. The summed E-state index contributed by atoms with van der Waals surface area (Å²) in [6, 6.07) is 39.7. The third kappa shape index (κ3) is 9.85. The van der Waals surface area contributed by atoms with E-state index < -0.39 is 27.6 Å². The number of aromatic nitrogens is 1. The lowest BCUT2D eigenvalue weighted by Crippen LogP contribution is -2.28. The second kappa shape index (κ2) is 16.0. The van der Waals surface area contributed by atoms with Crippen molar-refractivity contribution in [3.05, 3.63) is 167 Å². The summed E-state index contributed by atoms with van der Waals surface area (Å²) < 4.78 is 57.8. The van der Waals surface area contributed by atoms with Gasteiger partial charge in [0.15, 0.2) is 17.3 Å². The number of ether oxygens (including phenoxy) is 1. The second-order valence-electron chi connectivity index (χ2n) is 14.0. The van der Waals surface area contributed by atoms with Gasteiger partial charge >= 0.3 is 0 Å². The fraction of sp³-hybridized carbons (Fsp3) is 0.209. The molecule has 1 heterocycles. The molecule has 1 unspecified atom stereocenters. The minimum Gasteiger partial charge on any atom is -0.486 e. The van der Waals surface area contributed by atoms with Gasteiger partial charge in [-0.05, 0) is 75.5 Å². The van der Waals surface area contributed by atoms with Crippen LogP contribution in [-0.2, 0) is 28.6 Å². The van der Waals surface area contributed by atoms with Gasteiger partial charge in [-0.15, -0.1) is 0 Å². The zero-order valence-corrected chi connectivity index (χ0v) is 30.6. The third-order valence-electron chi connectivity index (χ3n) is 9.02. The van der Waals surface area contributed by atoms with E-state index in [1.165, 1.54) is 11.6 Å². The minimum absolute atomic E-state index is 0.0176. The van der Waals surface area contributed by atoms with Gasteiger partial charge in [0.05, 0.1) is 11.4 Å². The van der Waals surface area contributed by atoms with E-state index in [4.69, 9.17) is 13.8 Å². The van der Waals surface area contributed by atoms with E-state index in [2.05, 4.69) is 55.5 Å². The number of halogens is 1. The normalized spacial score (nSPS) is 12.3. The Hall–Kier alpha value is -5.58. The molecule has 0 fully saturated rings. The average Bonchev–Trinajstić information content (AvgIpc) is 3.63. The summed E-state index contributed by atoms with van der Waals surface area (Å²) in [5.74, 6) is -0.878. The van der Waals surface area contributed by atoms with E-state index >= 15 is 4.39 Å². The predicted octanol–water partition coefficient (Wildman–Crippen LogP) is 9.02. The maximum atomic E-state index is 15.1. The first-order chi connectivity index (χ1) is 25.3. The van der Waals surface area contributed by atoms with E-state index in [-0.39, 0.29) is 30.2 Å². The van der Waals surface area contributed by atoms with Crippen LogP contribution in [0.25, 0.3) is 22.5 Å². The van der Waals surface area contributed by atoms with Crippen molar-refractivity contribution in [3.63, 3.8) is 0 Å². The maximum absolute atomic E-state index is 15.1. The highest BCUT2D eigenvalue weighted by Gasteiger charge is 2.22. The van der Waals surface area contributed by atoms with Crippen LogP contribution in [0.3, 0.4) is 0 Å². The molecule has 6 aromatic rings. The molecule has 1 aromatic heterocycles. The molecule has 53 heavy (non-hydrogen) atoms. The molecule has 0 radical (unpaired) electrons. The topological polar surface area (TPSA) is 119 Å². The average molecular weight is 733 g/mol. The SMILES string of the molecule is CC(C)(C)c1ccc(C(Cc2ccc(C(=O)NCCS(=O)(=O)O)cc2)c2cc(-c3cccc(-c4ccc(OCc5ccccc5)c(F)c4)c3)on2)cc1. The first-order valence-corrected chi connectivity index (χ1v) is 18.9. The molecule has 0 saturated heterocycles. The number of amides is 1. The Balaban J connectivity index is 1.22. The summed E-state index contributed by atoms with van der Waals surface area (Å²) in [5, 5.41) is 7.03. The lowest BCUT2D eigenvalue weighted by Gasteiger charge is -2.21. The molecule has 8 nitrogen and oxygen atoms in total. The molecule has 0 aliphatic rings. The zero-order chi connectivity index (χ0) is 37.6. The molecule has 0 aliphatic heterocycles. The van der Waals surface area contributed by atoms with Crippen LogP contribution in [0.4, 0.5) is 4.39 Å².